The molecule has 5 heteroatoms. The molecule has 1 N–H and O–H groups in total. The second-order valence-electron chi connectivity index (χ2n) is 4.78. The lowest BCUT2D eigenvalue weighted by Crippen LogP contribution is -2.35. The molecule has 0 aromatic heterocycles. The predicted octanol–water partition coefficient (Wildman–Crippen LogP) is 3.43. The Morgan fingerprint density at radius 3 is 2.50 bits per heavy atom. The monoisotopic (exact) mass is 319 g/mol. The van der Waals surface area contributed by atoms with Crippen LogP contribution in [0.15, 0.2) is 48.5 Å². The van der Waals surface area contributed by atoms with Crippen LogP contribution in [0.5, 0.6) is 11.5 Å². The Bertz CT molecular complexity index is 628. The van der Waals surface area contributed by atoms with E-state index in [2.05, 4.69) is 5.32 Å². The summed E-state index contributed by atoms with van der Waals surface area (Å²) in [4.78, 5) is 12.0. The van der Waals surface area contributed by atoms with Gasteiger partial charge >= 0.3 is 0 Å². The Morgan fingerprint density at radius 2 is 1.86 bits per heavy atom. The van der Waals surface area contributed by atoms with Crippen molar-refractivity contribution in [1.29, 1.82) is 0 Å². The molecule has 0 unspecified atom stereocenters. The molecule has 0 bridgehead atoms. The molecule has 0 fully saturated rings. The molecule has 0 heterocycles. The predicted molar refractivity (Wildman–Crippen MR) is 86.4 cm³/mol. The number of rotatable bonds is 6. The highest BCUT2D eigenvalue weighted by Gasteiger charge is 2.14. The third-order valence-corrected chi connectivity index (χ3v) is 3.33. The van der Waals surface area contributed by atoms with Crippen LogP contribution in [0, 0.1) is 0 Å². The van der Waals surface area contributed by atoms with Crippen molar-refractivity contribution in [2.75, 3.05) is 7.11 Å². The molecule has 0 spiro atoms. The van der Waals surface area contributed by atoms with E-state index in [1.54, 1.807) is 44.4 Å². The van der Waals surface area contributed by atoms with Crippen molar-refractivity contribution in [2.45, 2.75) is 19.6 Å². The van der Waals surface area contributed by atoms with Crippen LogP contribution in [0.4, 0.5) is 0 Å². The SMILES string of the molecule is COc1ccc(O[C@@H](C)C(=O)NCc2cccc(Cl)c2)cc1. The molecule has 2 aromatic rings. The van der Waals surface area contributed by atoms with E-state index in [1.807, 2.05) is 18.2 Å². The first-order chi connectivity index (χ1) is 10.6. The number of amides is 1. The molecular weight excluding hydrogens is 302 g/mol. The van der Waals surface area contributed by atoms with Crippen molar-refractivity contribution in [3.63, 3.8) is 0 Å². The Kier molecular flexibility index (Phi) is 5.67. The molecule has 22 heavy (non-hydrogen) atoms. The van der Waals surface area contributed by atoms with Crippen LogP contribution < -0.4 is 14.8 Å². The molecule has 1 atom stereocenters. The van der Waals surface area contributed by atoms with Crippen LogP contribution in [0.3, 0.4) is 0 Å². The van der Waals surface area contributed by atoms with Gasteiger partial charge in [-0.15, -0.1) is 0 Å². The van der Waals surface area contributed by atoms with Gasteiger partial charge in [-0.25, -0.2) is 0 Å². The normalized spacial score (nSPS) is 11.6. The summed E-state index contributed by atoms with van der Waals surface area (Å²) in [5, 5.41) is 3.47. The van der Waals surface area contributed by atoms with E-state index in [0.29, 0.717) is 17.3 Å². The molecule has 0 saturated heterocycles. The molecule has 116 valence electrons. The number of carbonyl (C=O) groups is 1. The number of carbonyl (C=O) groups excluding carboxylic acids is 1. The van der Waals surface area contributed by atoms with Gasteiger partial charge in [-0.2, -0.15) is 0 Å². The minimum Gasteiger partial charge on any atom is -0.497 e. The fourth-order valence-corrected chi connectivity index (χ4v) is 2.10. The summed E-state index contributed by atoms with van der Waals surface area (Å²) in [5.74, 6) is 1.17. The van der Waals surface area contributed by atoms with Crippen molar-refractivity contribution >= 4 is 17.5 Å². The lowest BCUT2D eigenvalue weighted by Gasteiger charge is -2.15. The lowest BCUT2D eigenvalue weighted by atomic mass is 10.2. The molecule has 0 aliphatic heterocycles. The van der Waals surface area contributed by atoms with Crippen molar-refractivity contribution in [3.05, 3.63) is 59.1 Å². The first-order valence-electron chi connectivity index (χ1n) is 6.91. The van der Waals surface area contributed by atoms with Gasteiger partial charge in [0.05, 0.1) is 7.11 Å². The highest BCUT2D eigenvalue weighted by atomic mass is 35.5. The van der Waals surface area contributed by atoms with Crippen LogP contribution in [0.25, 0.3) is 0 Å². The van der Waals surface area contributed by atoms with E-state index < -0.39 is 6.10 Å². The van der Waals surface area contributed by atoms with Crippen molar-refractivity contribution in [2.24, 2.45) is 0 Å². The summed E-state index contributed by atoms with van der Waals surface area (Å²) in [5.41, 5.74) is 0.942. The summed E-state index contributed by atoms with van der Waals surface area (Å²) >= 11 is 5.91. The number of methoxy groups -OCH3 is 1. The quantitative estimate of drug-likeness (QED) is 0.887. The number of halogens is 1. The van der Waals surface area contributed by atoms with E-state index >= 15 is 0 Å². The topological polar surface area (TPSA) is 47.6 Å². The van der Waals surface area contributed by atoms with E-state index in [0.717, 1.165) is 11.3 Å². The first kappa shape index (κ1) is 16.2. The first-order valence-corrected chi connectivity index (χ1v) is 7.29. The van der Waals surface area contributed by atoms with Crippen LogP contribution in [0.1, 0.15) is 12.5 Å². The number of hydrogen-bond donors (Lipinski definition) is 1. The maximum Gasteiger partial charge on any atom is 0.261 e. The van der Waals surface area contributed by atoms with Gasteiger partial charge in [0.2, 0.25) is 0 Å². The summed E-state index contributed by atoms with van der Waals surface area (Å²) in [7, 11) is 1.60. The van der Waals surface area contributed by atoms with Crippen LogP contribution in [-0.4, -0.2) is 19.1 Å². The fourth-order valence-electron chi connectivity index (χ4n) is 1.89. The van der Waals surface area contributed by atoms with E-state index in [1.165, 1.54) is 0 Å². The van der Waals surface area contributed by atoms with Crippen molar-refractivity contribution in [1.82, 2.24) is 5.32 Å². The van der Waals surface area contributed by atoms with Crippen molar-refractivity contribution < 1.29 is 14.3 Å². The minimum atomic E-state index is -0.590. The molecular formula is C17H18ClNO3. The average Bonchev–Trinajstić information content (AvgIpc) is 2.53. The highest BCUT2D eigenvalue weighted by Crippen LogP contribution is 2.18. The van der Waals surface area contributed by atoms with Gasteiger partial charge in [0, 0.05) is 11.6 Å². The number of nitrogens with one attached hydrogen (secondary N) is 1. The molecule has 0 aliphatic carbocycles. The van der Waals surface area contributed by atoms with Gasteiger partial charge < -0.3 is 14.8 Å². The Morgan fingerprint density at radius 1 is 1.18 bits per heavy atom. The zero-order chi connectivity index (χ0) is 15.9. The maximum absolute atomic E-state index is 12.0. The average molecular weight is 320 g/mol. The van der Waals surface area contributed by atoms with Crippen LogP contribution >= 0.6 is 11.6 Å². The van der Waals surface area contributed by atoms with Gasteiger partial charge in [0.25, 0.3) is 5.91 Å². The number of hydrogen-bond acceptors (Lipinski definition) is 3. The summed E-state index contributed by atoms with van der Waals surface area (Å²) in [6.07, 6.45) is -0.590. The zero-order valence-corrected chi connectivity index (χ0v) is 13.3. The van der Waals surface area contributed by atoms with Crippen LogP contribution in [-0.2, 0) is 11.3 Å². The summed E-state index contributed by atoms with van der Waals surface area (Å²) in [6, 6.07) is 14.5. The molecule has 1 amide bonds. The third-order valence-electron chi connectivity index (χ3n) is 3.10. The third kappa shape index (κ3) is 4.67. The molecule has 2 aromatic carbocycles. The molecule has 2 rings (SSSR count). The Balaban J connectivity index is 1.86. The van der Waals surface area contributed by atoms with Gasteiger partial charge in [0.15, 0.2) is 6.10 Å². The van der Waals surface area contributed by atoms with E-state index in [-0.39, 0.29) is 5.91 Å². The lowest BCUT2D eigenvalue weighted by molar-refractivity contribution is -0.127. The second-order valence-corrected chi connectivity index (χ2v) is 5.22. The smallest absolute Gasteiger partial charge is 0.261 e. The largest absolute Gasteiger partial charge is 0.497 e. The van der Waals surface area contributed by atoms with Gasteiger partial charge in [0.1, 0.15) is 11.5 Å². The second kappa shape index (κ2) is 7.71. The maximum atomic E-state index is 12.0. The van der Waals surface area contributed by atoms with E-state index in [9.17, 15) is 4.79 Å². The standard InChI is InChI=1S/C17H18ClNO3/c1-12(22-16-8-6-15(21-2)7-9-16)17(20)19-11-13-4-3-5-14(18)10-13/h3-10,12H,11H2,1-2H3,(H,19,20)/t12-/m0/s1. The highest BCUT2D eigenvalue weighted by molar-refractivity contribution is 6.30. The molecule has 0 aliphatic rings. The molecule has 4 nitrogen and oxygen atoms in total. The van der Waals surface area contributed by atoms with Gasteiger partial charge in [-0.3, -0.25) is 4.79 Å². The number of ether oxygens (including phenoxy) is 2. The Labute approximate surface area is 135 Å². The van der Waals surface area contributed by atoms with Gasteiger partial charge in [-0.05, 0) is 48.9 Å². The van der Waals surface area contributed by atoms with E-state index in [4.69, 9.17) is 21.1 Å². The van der Waals surface area contributed by atoms with Crippen molar-refractivity contribution in [3.8, 4) is 11.5 Å². The summed E-state index contributed by atoms with van der Waals surface area (Å²) in [6.45, 7) is 2.12. The molecule has 0 saturated carbocycles. The fraction of sp³-hybridized carbons (Fsp3) is 0.235. The Hall–Kier alpha value is -2.20. The zero-order valence-electron chi connectivity index (χ0n) is 12.5. The van der Waals surface area contributed by atoms with Gasteiger partial charge in [-0.1, -0.05) is 23.7 Å². The molecule has 0 radical (unpaired) electrons. The summed E-state index contributed by atoms with van der Waals surface area (Å²) < 4.78 is 10.7. The number of benzene rings is 2. The minimum absolute atomic E-state index is 0.184. The van der Waals surface area contributed by atoms with Crippen LogP contribution in [0.2, 0.25) is 5.02 Å².